The normalized spacial score (nSPS) is 48.7. The van der Waals surface area contributed by atoms with E-state index in [1.54, 1.807) is 11.1 Å². The Bertz CT molecular complexity index is 597. The molecular weight excluding hydrogens is 280 g/mol. The molecule has 4 aliphatic rings. The van der Waals surface area contributed by atoms with Crippen LogP contribution in [0.4, 0.5) is 0 Å². The lowest BCUT2D eigenvalue weighted by Crippen LogP contribution is -2.49. The second-order valence-electron chi connectivity index (χ2n) is 9.35. The van der Waals surface area contributed by atoms with Gasteiger partial charge in [-0.05, 0) is 93.0 Å². The van der Waals surface area contributed by atoms with Crippen molar-refractivity contribution in [3.05, 3.63) is 23.3 Å². The quantitative estimate of drug-likeness (QED) is 0.606. The number of hydrogen-bond donors (Lipinski definition) is 0. The van der Waals surface area contributed by atoms with Gasteiger partial charge in [0.05, 0.1) is 0 Å². The molecule has 0 aliphatic heterocycles. The molecule has 0 heterocycles. The maximum absolute atomic E-state index is 12.2. The van der Waals surface area contributed by atoms with E-state index in [-0.39, 0.29) is 5.41 Å². The van der Waals surface area contributed by atoms with Crippen LogP contribution in [0, 0.1) is 34.5 Å². The molecule has 0 bridgehead atoms. The predicted molar refractivity (Wildman–Crippen MR) is 95.0 cm³/mol. The number of rotatable bonds is 1. The summed E-state index contributed by atoms with van der Waals surface area (Å²) in [5.41, 5.74) is 3.87. The van der Waals surface area contributed by atoms with Gasteiger partial charge < -0.3 is 0 Å². The van der Waals surface area contributed by atoms with Gasteiger partial charge in [-0.2, -0.15) is 0 Å². The number of carbonyl (C=O) groups is 1. The fraction of sp³-hybridized carbons (Fsp3) is 0.773. The highest BCUT2D eigenvalue weighted by Gasteiger charge is 2.58. The van der Waals surface area contributed by atoms with Crippen molar-refractivity contribution in [3.8, 4) is 0 Å². The third-order valence-electron chi connectivity index (χ3n) is 8.37. The molecule has 2 saturated carbocycles. The van der Waals surface area contributed by atoms with Crippen molar-refractivity contribution in [3.63, 3.8) is 0 Å². The Morgan fingerprint density at radius 1 is 1.13 bits per heavy atom. The number of fused-ring (bicyclic) bond motifs is 5. The van der Waals surface area contributed by atoms with E-state index in [2.05, 4.69) is 32.9 Å². The molecule has 23 heavy (non-hydrogen) atoms. The zero-order valence-corrected chi connectivity index (χ0v) is 15.3. The van der Waals surface area contributed by atoms with Gasteiger partial charge >= 0.3 is 0 Å². The van der Waals surface area contributed by atoms with E-state index in [1.807, 2.05) is 6.92 Å². The maximum atomic E-state index is 12.2. The van der Waals surface area contributed by atoms with Crippen molar-refractivity contribution in [1.82, 2.24) is 0 Å². The summed E-state index contributed by atoms with van der Waals surface area (Å²) >= 11 is 0. The van der Waals surface area contributed by atoms with Crippen LogP contribution < -0.4 is 0 Å². The van der Waals surface area contributed by atoms with Gasteiger partial charge in [0.1, 0.15) is 5.78 Å². The van der Waals surface area contributed by atoms with Gasteiger partial charge in [0.15, 0.2) is 0 Å². The summed E-state index contributed by atoms with van der Waals surface area (Å²) in [7, 11) is 0. The minimum Gasteiger partial charge on any atom is -0.300 e. The molecule has 126 valence electrons. The predicted octanol–water partition coefficient (Wildman–Crippen LogP) is 5.71. The molecule has 0 amide bonds. The van der Waals surface area contributed by atoms with Crippen LogP contribution in [0.15, 0.2) is 23.3 Å². The van der Waals surface area contributed by atoms with Gasteiger partial charge in [-0.25, -0.2) is 0 Å². The van der Waals surface area contributed by atoms with Crippen molar-refractivity contribution in [1.29, 1.82) is 0 Å². The van der Waals surface area contributed by atoms with Crippen molar-refractivity contribution in [2.75, 3.05) is 0 Å². The van der Waals surface area contributed by atoms with Crippen molar-refractivity contribution < 1.29 is 4.79 Å². The average molecular weight is 312 g/mol. The summed E-state index contributed by atoms with van der Waals surface area (Å²) in [5, 5.41) is 0. The highest BCUT2D eigenvalue weighted by Crippen LogP contribution is 2.66. The molecule has 0 radical (unpaired) electrons. The molecule has 2 fully saturated rings. The van der Waals surface area contributed by atoms with E-state index in [0.717, 1.165) is 18.3 Å². The van der Waals surface area contributed by atoms with Gasteiger partial charge in [0.2, 0.25) is 0 Å². The van der Waals surface area contributed by atoms with Crippen LogP contribution in [-0.2, 0) is 4.79 Å². The van der Waals surface area contributed by atoms with Crippen molar-refractivity contribution in [2.24, 2.45) is 34.5 Å². The van der Waals surface area contributed by atoms with E-state index >= 15 is 0 Å². The third kappa shape index (κ3) is 2.01. The molecule has 6 atom stereocenters. The third-order valence-corrected chi connectivity index (χ3v) is 8.37. The zero-order chi connectivity index (χ0) is 16.4. The molecule has 1 nitrogen and oxygen atoms in total. The number of Topliss-reactive ketones (excluding diaryl/α,β-unsaturated/α-hetero) is 1. The van der Waals surface area contributed by atoms with Gasteiger partial charge in [-0.15, -0.1) is 0 Å². The summed E-state index contributed by atoms with van der Waals surface area (Å²) in [5.74, 6) is 3.00. The van der Waals surface area contributed by atoms with Gasteiger partial charge in [0, 0.05) is 5.92 Å². The van der Waals surface area contributed by atoms with E-state index in [1.165, 1.54) is 38.5 Å². The largest absolute Gasteiger partial charge is 0.300 e. The lowest BCUT2D eigenvalue weighted by atomic mass is 9.47. The second-order valence-corrected chi connectivity index (χ2v) is 9.35. The van der Waals surface area contributed by atoms with E-state index in [4.69, 9.17) is 0 Å². The highest BCUT2D eigenvalue weighted by atomic mass is 16.1. The lowest BCUT2D eigenvalue weighted by Gasteiger charge is -2.57. The Hall–Kier alpha value is -0.850. The fourth-order valence-electron chi connectivity index (χ4n) is 7.30. The van der Waals surface area contributed by atoms with Crippen molar-refractivity contribution >= 4 is 5.78 Å². The van der Waals surface area contributed by atoms with Crippen LogP contribution in [0.3, 0.4) is 0 Å². The first-order chi connectivity index (χ1) is 10.9. The Balaban J connectivity index is 1.76. The molecular formula is C22H32O. The van der Waals surface area contributed by atoms with Gasteiger partial charge in [0.25, 0.3) is 0 Å². The Labute approximate surface area is 141 Å². The standard InChI is InChI=1S/C22H32O/c1-14-13-16-19-9-8-18(15(2)23)22(19,4)12-10-20(16)21(3)11-6-5-7-17(14)21/h7,13,16,18-20H,5-6,8-12H2,1-4H3/t16-,18+,19-,20-,21-,22+/m0/s1. The Morgan fingerprint density at radius 3 is 2.65 bits per heavy atom. The maximum Gasteiger partial charge on any atom is 0.133 e. The smallest absolute Gasteiger partial charge is 0.133 e. The molecule has 0 saturated heterocycles. The number of ketones is 1. The molecule has 0 aromatic carbocycles. The van der Waals surface area contributed by atoms with E-state index < -0.39 is 0 Å². The molecule has 1 heteroatoms. The first-order valence-corrected chi connectivity index (χ1v) is 9.78. The summed E-state index contributed by atoms with van der Waals surface area (Å²) in [6, 6.07) is 0. The topological polar surface area (TPSA) is 17.1 Å². The van der Waals surface area contributed by atoms with Crippen LogP contribution in [0.25, 0.3) is 0 Å². The molecule has 0 N–H and O–H groups in total. The van der Waals surface area contributed by atoms with Crippen LogP contribution >= 0.6 is 0 Å². The van der Waals surface area contributed by atoms with E-state index in [0.29, 0.717) is 23.0 Å². The summed E-state index contributed by atoms with van der Waals surface area (Å²) in [6.45, 7) is 9.15. The molecule has 4 rings (SSSR count). The fourth-order valence-corrected chi connectivity index (χ4v) is 7.30. The number of allylic oxidation sites excluding steroid dienone is 4. The SMILES string of the molecule is CC(=O)[C@H]1CC[C@H]2[C@@H]3C=C(C)C4=CCCC[C@]4(C)[C@H]3CC[C@]12C. The minimum atomic E-state index is 0.260. The summed E-state index contributed by atoms with van der Waals surface area (Å²) in [6.07, 6.45) is 14.1. The summed E-state index contributed by atoms with van der Waals surface area (Å²) in [4.78, 5) is 12.2. The van der Waals surface area contributed by atoms with Crippen molar-refractivity contribution in [2.45, 2.75) is 72.6 Å². The monoisotopic (exact) mass is 312 g/mol. The second kappa shape index (κ2) is 5.07. The zero-order valence-electron chi connectivity index (χ0n) is 15.3. The Kier molecular flexibility index (Phi) is 3.45. The number of carbonyl (C=O) groups excluding carboxylic acids is 1. The molecule has 0 aromatic rings. The van der Waals surface area contributed by atoms with Crippen LogP contribution in [-0.4, -0.2) is 5.78 Å². The minimum absolute atomic E-state index is 0.260. The highest BCUT2D eigenvalue weighted by molar-refractivity contribution is 5.79. The lowest BCUT2D eigenvalue weighted by molar-refractivity contribution is -0.126. The summed E-state index contributed by atoms with van der Waals surface area (Å²) < 4.78 is 0. The first-order valence-electron chi connectivity index (χ1n) is 9.78. The average Bonchev–Trinajstić information content (AvgIpc) is 2.85. The van der Waals surface area contributed by atoms with E-state index in [9.17, 15) is 4.79 Å². The number of hydrogen-bond acceptors (Lipinski definition) is 1. The molecule has 0 aromatic heterocycles. The first kappa shape index (κ1) is 15.7. The van der Waals surface area contributed by atoms with Gasteiger partial charge in [-0.1, -0.05) is 31.6 Å². The van der Waals surface area contributed by atoms with Crippen LogP contribution in [0.2, 0.25) is 0 Å². The molecule has 0 spiro atoms. The van der Waals surface area contributed by atoms with Crippen LogP contribution in [0.5, 0.6) is 0 Å². The molecule has 0 unspecified atom stereocenters. The molecule has 4 aliphatic carbocycles. The Morgan fingerprint density at radius 2 is 1.91 bits per heavy atom. The van der Waals surface area contributed by atoms with Crippen LogP contribution in [0.1, 0.15) is 72.6 Å². The van der Waals surface area contributed by atoms with Gasteiger partial charge in [-0.3, -0.25) is 4.79 Å².